The summed E-state index contributed by atoms with van der Waals surface area (Å²) in [6.45, 7) is 0.419. The molecule has 0 aliphatic heterocycles. The molecular weight excluding hydrogens is 245 g/mol. The molecule has 0 fully saturated rings. The van der Waals surface area contributed by atoms with Crippen LogP contribution in [0, 0.1) is 5.82 Å². The molecule has 96 valence electrons. The Kier molecular flexibility index (Phi) is 4.89. The summed E-state index contributed by atoms with van der Waals surface area (Å²) in [6, 6.07) is 4.61. The normalized spacial score (nSPS) is 11.5. The van der Waals surface area contributed by atoms with Crippen molar-refractivity contribution in [1.29, 1.82) is 0 Å². The molecule has 1 N–H and O–H groups in total. The average molecular weight is 261 g/mol. The SMILES string of the molecule is CNCc1cccc(F)c1OCCS(C)(=O)=O. The number of benzene rings is 1. The van der Waals surface area contributed by atoms with Crippen LogP contribution in [0.3, 0.4) is 0 Å². The lowest BCUT2D eigenvalue weighted by Gasteiger charge is -2.11. The van der Waals surface area contributed by atoms with E-state index in [1.54, 1.807) is 19.2 Å². The van der Waals surface area contributed by atoms with E-state index in [-0.39, 0.29) is 18.1 Å². The highest BCUT2D eigenvalue weighted by atomic mass is 32.2. The minimum absolute atomic E-state index is 0.0452. The molecule has 0 aliphatic rings. The predicted molar refractivity (Wildman–Crippen MR) is 64.4 cm³/mol. The first-order valence-corrected chi connectivity index (χ1v) is 7.22. The van der Waals surface area contributed by atoms with Gasteiger partial charge in [0.2, 0.25) is 0 Å². The number of hydrogen-bond donors (Lipinski definition) is 1. The Morgan fingerprint density at radius 3 is 2.71 bits per heavy atom. The fourth-order valence-electron chi connectivity index (χ4n) is 1.34. The number of hydrogen-bond acceptors (Lipinski definition) is 4. The molecule has 0 saturated carbocycles. The summed E-state index contributed by atoms with van der Waals surface area (Å²) in [4.78, 5) is 0. The van der Waals surface area contributed by atoms with Gasteiger partial charge in [-0.2, -0.15) is 0 Å². The lowest BCUT2D eigenvalue weighted by atomic mass is 10.2. The van der Waals surface area contributed by atoms with Crippen LogP contribution in [-0.2, 0) is 16.4 Å². The molecule has 1 rings (SSSR count). The quantitative estimate of drug-likeness (QED) is 0.829. The Bertz CT molecular complexity index is 474. The maximum Gasteiger partial charge on any atom is 0.165 e. The van der Waals surface area contributed by atoms with E-state index < -0.39 is 15.7 Å². The lowest BCUT2D eigenvalue weighted by Crippen LogP contribution is -2.14. The van der Waals surface area contributed by atoms with Crippen molar-refractivity contribution in [3.05, 3.63) is 29.6 Å². The Labute approximate surface area is 101 Å². The van der Waals surface area contributed by atoms with Gasteiger partial charge in [0.1, 0.15) is 6.61 Å². The molecule has 0 spiro atoms. The standard InChI is InChI=1S/C11H16FNO3S/c1-13-8-9-4-3-5-10(12)11(9)16-6-7-17(2,14)15/h3-5,13H,6-8H2,1-2H3. The van der Waals surface area contributed by atoms with Crippen LogP contribution in [0.1, 0.15) is 5.56 Å². The highest BCUT2D eigenvalue weighted by molar-refractivity contribution is 7.90. The molecule has 0 bridgehead atoms. The Morgan fingerprint density at radius 2 is 2.12 bits per heavy atom. The van der Waals surface area contributed by atoms with Crippen LogP contribution >= 0.6 is 0 Å². The maximum atomic E-state index is 13.5. The molecule has 4 nitrogen and oxygen atoms in total. The van der Waals surface area contributed by atoms with E-state index in [1.165, 1.54) is 6.07 Å². The second-order valence-electron chi connectivity index (χ2n) is 3.74. The van der Waals surface area contributed by atoms with Crippen LogP contribution in [0.25, 0.3) is 0 Å². The number of sulfone groups is 1. The van der Waals surface area contributed by atoms with E-state index in [0.717, 1.165) is 6.26 Å². The average Bonchev–Trinajstić information content (AvgIpc) is 2.21. The fourth-order valence-corrected chi connectivity index (χ4v) is 1.73. The van der Waals surface area contributed by atoms with Gasteiger partial charge in [0.15, 0.2) is 21.4 Å². The third kappa shape index (κ3) is 4.70. The predicted octanol–water partition coefficient (Wildman–Crippen LogP) is 0.968. The zero-order valence-electron chi connectivity index (χ0n) is 9.86. The van der Waals surface area contributed by atoms with Gasteiger partial charge in [-0.3, -0.25) is 0 Å². The van der Waals surface area contributed by atoms with Crippen molar-refractivity contribution in [1.82, 2.24) is 5.32 Å². The van der Waals surface area contributed by atoms with Gasteiger partial charge in [0.05, 0.1) is 5.75 Å². The van der Waals surface area contributed by atoms with Crippen LogP contribution in [0.15, 0.2) is 18.2 Å². The van der Waals surface area contributed by atoms with Crippen molar-refractivity contribution >= 4 is 9.84 Å². The molecule has 6 heteroatoms. The smallest absolute Gasteiger partial charge is 0.165 e. The summed E-state index contributed by atoms with van der Waals surface area (Å²) in [5, 5.41) is 2.89. The van der Waals surface area contributed by atoms with Crippen molar-refractivity contribution in [3.8, 4) is 5.75 Å². The molecule has 0 aromatic heterocycles. The van der Waals surface area contributed by atoms with E-state index in [2.05, 4.69) is 5.32 Å². The third-order valence-corrected chi connectivity index (χ3v) is 3.02. The van der Waals surface area contributed by atoms with Crippen LogP contribution < -0.4 is 10.1 Å². The molecule has 1 aromatic rings. The molecule has 0 amide bonds. The first-order chi connectivity index (χ1) is 7.94. The van der Waals surface area contributed by atoms with E-state index in [4.69, 9.17) is 4.74 Å². The van der Waals surface area contributed by atoms with Crippen LogP contribution in [0.2, 0.25) is 0 Å². The largest absolute Gasteiger partial charge is 0.489 e. The van der Waals surface area contributed by atoms with Crippen molar-refractivity contribution in [2.75, 3.05) is 25.7 Å². The Balaban J connectivity index is 2.75. The highest BCUT2D eigenvalue weighted by Gasteiger charge is 2.10. The molecular formula is C11H16FNO3S. The second-order valence-corrected chi connectivity index (χ2v) is 6.00. The van der Waals surface area contributed by atoms with Crippen molar-refractivity contribution in [2.24, 2.45) is 0 Å². The lowest BCUT2D eigenvalue weighted by molar-refractivity contribution is 0.318. The number of nitrogens with one attached hydrogen (secondary N) is 1. The molecule has 0 atom stereocenters. The fraction of sp³-hybridized carbons (Fsp3) is 0.455. The van der Waals surface area contributed by atoms with Gasteiger partial charge < -0.3 is 10.1 Å². The monoisotopic (exact) mass is 261 g/mol. The van der Waals surface area contributed by atoms with E-state index >= 15 is 0 Å². The number of halogens is 1. The van der Waals surface area contributed by atoms with Gasteiger partial charge in [0, 0.05) is 18.4 Å². The van der Waals surface area contributed by atoms with E-state index in [1.807, 2.05) is 0 Å². The van der Waals surface area contributed by atoms with Crippen LogP contribution in [-0.4, -0.2) is 34.1 Å². The Hall–Kier alpha value is -1.14. The zero-order chi connectivity index (χ0) is 12.9. The molecule has 0 unspecified atom stereocenters. The van der Waals surface area contributed by atoms with Crippen molar-refractivity contribution in [2.45, 2.75) is 6.54 Å². The second kappa shape index (κ2) is 5.97. The summed E-state index contributed by atoms with van der Waals surface area (Å²) in [5.41, 5.74) is 0.668. The van der Waals surface area contributed by atoms with Crippen molar-refractivity contribution in [3.63, 3.8) is 0 Å². The minimum atomic E-state index is -3.10. The molecule has 0 heterocycles. The van der Waals surface area contributed by atoms with Gasteiger partial charge in [-0.25, -0.2) is 12.8 Å². The van der Waals surface area contributed by atoms with Crippen LogP contribution in [0.5, 0.6) is 5.75 Å². The summed E-state index contributed by atoms with van der Waals surface area (Å²) in [5.74, 6) is -0.489. The zero-order valence-corrected chi connectivity index (χ0v) is 10.7. The number of ether oxygens (including phenoxy) is 1. The van der Waals surface area contributed by atoms with E-state index in [9.17, 15) is 12.8 Å². The minimum Gasteiger partial charge on any atom is -0.489 e. The van der Waals surface area contributed by atoms with Crippen molar-refractivity contribution < 1.29 is 17.5 Å². The van der Waals surface area contributed by atoms with Gasteiger partial charge >= 0.3 is 0 Å². The molecule has 17 heavy (non-hydrogen) atoms. The van der Waals surface area contributed by atoms with Gasteiger partial charge in [0.25, 0.3) is 0 Å². The summed E-state index contributed by atoms with van der Waals surface area (Å²) >= 11 is 0. The summed E-state index contributed by atoms with van der Waals surface area (Å²) in [7, 11) is -1.35. The number of rotatable bonds is 6. The summed E-state index contributed by atoms with van der Waals surface area (Å²) < 4.78 is 40.6. The van der Waals surface area contributed by atoms with E-state index in [0.29, 0.717) is 12.1 Å². The molecule has 0 radical (unpaired) electrons. The van der Waals surface area contributed by atoms with Gasteiger partial charge in [-0.05, 0) is 13.1 Å². The number of para-hydroxylation sites is 1. The molecule has 1 aromatic carbocycles. The van der Waals surface area contributed by atoms with Gasteiger partial charge in [-0.15, -0.1) is 0 Å². The molecule has 0 saturated heterocycles. The highest BCUT2D eigenvalue weighted by Crippen LogP contribution is 2.22. The summed E-state index contributed by atoms with van der Waals surface area (Å²) in [6.07, 6.45) is 1.12. The van der Waals surface area contributed by atoms with Gasteiger partial charge in [-0.1, -0.05) is 12.1 Å². The molecule has 0 aliphatic carbocycles. The first-order valence-electron chi connectivity index (χ1n) is 5.16. The third-order valence-electron chi connectivity index (χ3n) is 2.12. The topological polar surface area (TPSA) is 55.4 Å². The first kappa shape index (κ1) is 13.9. The van der Waals surface area contributed by atoms with Crippen LogP contribution in [0.4, 0.5) is 4.39 Å². The maximum absolute atomic E-state index is 13.5. The Morgan fingerprint density at radius 1 is 1.41 bits per heavy atom.